The first kappa shape index (κ1) is 18.5. The van der Waals surface area contributed by atoms with Crippen molar-refractivity contribution in [3.63, 3.8) is 0 Å². The molecule has 0 bridgehead atoms. The molecule has 0 unspecified atom stereocenters. The molecule has 1 saturated carbocycles. The maximum absolute atomic E-state index is 5.93. The molecule has 2 fully saturated rings. The molecular weight excluding hydrogens is 354 g/mol. The van der Waals surface area contributed by atoms with E-state index < -0.39 is 0 Å². The van der Waals surface area contributed by atoms with E-state index >= 15 is 0 Å². The minimum absolute atomic E-state index is 0.407. The van der Waals surface area contributed by atoms with Crippen LogP contribution in [0.25, 0.3) is 10.9 Å². The van der Waals surface area contributed by atoms with E-state index in [2.05, 4.69) is 70.1 Å². The second-order valence-electron chi connectivity index (χ2n) is 8.73. The summed E-state index contributed by atoms with van der Waals surface area (Å²) in [6.07, 6.45) is 10.8. The van der Waals surface area contributed by atoms with Crippen LogP contribution in [0.4, 0.5) is 0 Å². The molecule has 1 aromatic heterocycles. The van der Waals surface area contributed by atoms with Crippen molar-refractivity contribution >= 4 is 10.9 Å². The number of aryl methyl sites for hydroxylation is 1. The average molecular weight is 384 g/mol. The van der Waals surface area contributed by atoms with Gasteiger partial charge in [0.15, 0.2) is 0 Å². The third-order valence-electron chi connectivity index (χ3n) is 6.64. The maximum Gasteiger partial charge on any atom is 0.0487 e. The van der Waals surface area contributed by atoms with E-state index in [4.69, 9.17) is 6.42 Å². The Bertz CT molecular complexity index is 1040. The van der Waals surface area contributed by atoms with Gasteiger partial charge in [0, 0.05) is 61.4 Å². The summed E-state index contributed by atoms with van der Waals surface area (Å²) < 4.78 is 0. The molecule has 1 aliphatic carbocycles. The molecule has 3 heteroatoms. The number of piperazine rings is 1. The van der Waals surface area contributed by atoms with Crippen molar-refractivity contribution in [2.45, 2.75) is 32.4 Å². The van der Waals surface area contributed by atoms with Crippen LogP contribution < -0.4 is 0 Å². The third kappa shape index (κ3) is 3.71. The largest absolute Gasteiger partial charge is 0.361 e. The standard InChI is InChI=1S/C26H29N3/c1-3-21-15-19(2)26-23(11-12-27-26)24(21)17-29-14-13-28(16-20-9-10-20)18-25(29)22-7-5-4-6-8-22/h1,4-8,11-12,15,20,25,27H,9-10,13-14,16-18H2,2H3/t25-/m0/s1. The monoisotopic (exact) mass is 383 g/mol. The van der Waals surface area contributed by atoms with Gasteiger partial charge in [-0.15, -0.1) is 6.42 Å². The molecule has 1 atom stereocenters. The number of rotatable bonds is 5. The van der Waals surface area contributed by atoms with E-state index in [0.29, 0.717) is 6.04 Å². The van der Waals surface area contributed by atoms with Gasteiger partial charge < -0.3 is 4.98 Å². The quantitative estimate of drug-likeness (QED) is 0.644. The van der Waals surface area contributed by atoms with E-state index in [1.807, 2.05) is 6.20 Å². The number of H-pyrrole nitrogens is 1. The number of nitrogens with one attached hydrogen (secondary N) is 1. The van der Waals surface area contributed by atoms with Crippen molar-refractivity contribution in [1.82, 2.24) is 14.8 Å². The number of terminal acetylenes is 1. The van der Waals surface area contributed by atoms with Gasteiger partial charge in [-0.2, -0.15) is 0 Å². The van der Waals surface area contributed by atoms with E-state index in [-0.39, 0.29) is 0 Å². The molecule has 3 nitrogen and oxygen atoms in total. The highest BCUT2D eigenvalue weighted by Crippen LogP contribution is 2.34. The first-order chi connectivity index (χ1) is 14.2. The molecule has 2 heterocycles. The van der Waals surface area contributed by atoms with Gasteiger partial charge >= 0.3 is 0 Å². The number of hydrogen-bond acceptors (Lipinski definition) is 2. The summed E-state index contributed by atoms with van der Waals surface area (Å²) in [6.45, 7) is 7.62. The van der Waals surface area contributed by atoms with Gasteiger partial charge in [-0.3, -0.25) is 9.80 Å². The van der Waals surface area contributed by atoms with E-state index in [1.54, 1.807) is 0 Å². The zero-order valence-corrected chi connectivity index (χ0v) is 17.2. The van der Waals surface area contributed by atoms with E-state index in [0.717, 1.165) is 37.7 Å². The predicted octanol–water partition coefficient (Wildman–Crippen LogP) is 4.73. The fraction of sp³-hybridized carbons (Fsp3) is 0.385. The molecule has 0 radical (unpaired) electrons. The van der Waals surface area contributed by atoms with Crippen LogP contribution in [0, 0.1) is 25.2 Å². The molecule has 0 spiro atoms. The highest BCUT2D eigenvalue weighted by atomic mass is 15.3. The Morgan fingerprint density at radius 1 is 1.14 bits per heavy atom. The fourth-order valence-corrected chi connectivity index (χ4v) is 4.86. The van der Waals surface area contributed by atoms with Gasteiger partial charge in [-0.25, -0.2) is 0 Å². The van der Waals surface area contributed by atoms with Gasteiger partial charge in [-0.05, 0) is 54.5 Å². The highest BCUT2D eigenvalue weighted by molar-refractivity contribution is 5.88. The fourth-order valence-electron chi connectivity index (χ4n) is 4.86. The minimum Gasteiger partial charge on any atom is -0.361 e. The Morgan fingerprint density at radius 2 is 1.97 bits per heavy atom. The van der Waals surface area contributed by atoms with Crippen LogP contribution in [-0.4, -0.2) is 41.0 Å². The lowest BCUT2D eigenvalue weighted by molar-refractivity contribution is 0.0655. The molecule has 1 aliphatic heterocycles. The molecule has 3 aromatic rings. The second kappa shape index (κ2) is 7.71. The molecule has 2 aliphatic rings. The van der Waals surface area contributed by atoms with Crippen molar-refractivity contribution in [1.29, 1.82) is 0 Å². The lowest BCUT2D eigenvalue weighted by Crippen LogP contribution is -2.48. The third-order valence-corrected chi connectivity index (χ3v) is 6.64. The number of nitrogens with zero attached hydrogens (tertiary/aromatic N) is 2. The SMILES string of the molecule is C#Cc1cc(C)c2[nH]ccc2c1CN1CCN(CC2CC2)C[C@H]1c1ccccc1. The van der Waals surface area contributed by atoms with Crippen LogP contribution in [0.2, 0.25) is 0 Å². The van der Waals surface area contributed by atoms with Crippen LogP contribution in [0.15, 0.2) is 48.7 Å². The van der Waals surface area contributed by atoms with Crippen LogP contribution in [-0.2, 0) is 6.54 Å². The maximum atomic E-state index is 5.93. The number of hydrogen-bond donors (Lipinski definition) is 1. The van der Waals surface area contributed by atoms with E-state index in [9.17, 15) is 0 Å². The Kier molecular flexibility index (Phi) is 4.91. The van der Waals surface area contributed by atoms with Gasteiger partial charge in [0.05, 0.1) is 0 Å². The molecule has 148 valence electrons. The van der Waals surface area contributed by atoms with Crippen molar-refractivity contribution in [2.75, 3.05) is 26.2 Å². The summed E-state index contributed by atoms with van der Waals surface area (Å²) in [6, 6.07) is 15.7. The number of aromatic nitrogens is 1. The van der Waals surface area contributed by atoms with Gasteiger partial charge in [0.2, 0.25) is 0 Å². The van der Waals surface area contributed by atoms with Crippen LogP contribution >= 0.6 is 0 Å². The predicted molar refractivity (Wildman–Crippen MR) is 120 cm³/mol. The highest BCUT2D eigenvalue weighted by Gasteiger charge is 2.32. The van der Waals surface area contributed by atoms with Gasteiger partial charge in [0.1, 0.15) is 0 Å². The lowest BCUT2D eigenvalue weighted by atomic mass is 9.96. The average Bonchev–Trinajstić information content (AvgIpc) is 3.42. The lowest BCUT2D eigenvalue weighted by Gasteiger charge is -2.42. The first-order valence-corrected chi connectivity index (χ1v) is 10.8. The molecule has 1 saturated heterocycles. The number of fused-ring (bicyclic) bond motifs is 1. The van der Waals surface area contributed by atoms with Crippen LogP contribution in [0.5, 0.6) is 0 Å². The summed E-state index contributed by atoms with van der Waals surface area (Å²) in [5.41, 5.74) is 6.15. The van der Waals surface area contributed by atoms with Crippen molar-refractivity contribution in [3.8, 4) is 12.3 Å². The van der Waals surface area contributed by atoms with Crippen molar-refractivity contribution < 1.29 is 0 Å². The first-order valence-electron chi connectivity index (χ1n) is 10.8. The Hall–Kier alpha value is -2.54. The zero-order valence-electron chi connectivity index (χ0n) is 17.2. The van der Waals surface area contributed by atoms with Crippen LogP contribution in [0.3, 0.4) is 0 Å². The Balaban J connectivity index is 1.48. The summed E-state index contributed by atoms with van der Waals surface area (Å²) in [7, 11) is 0. The number of aromatic amines is 1. The molecule has 29 heavy (non-hydrogen) atoms. The van der Waals surface area contributed by atoms with Gasteiger partial charge in [-0.1, -0.05) is 36.3 Å². The zero-order chi connectivity index (χ0) is 19.8. The molecule has 2 aromatic carbocycles. The number of benzene rings is 2. The summed E-state index contributed by atoms with van der Waals surface area (Å²) in [5.74, 6) is 3.89. The van der Waals surface area contributed by atoms with Gasteiger partial charge in [0.25, 0.3) is 0 Å². The smallest absolute Gasteiger partial charge is 0.0487 e. The molecule has 0 amide bonds. The second-order valence-corrected chi connectivity index (χ2v) is 8.73. The Labute approximate surface area is 173 Å². The Morgan fingerprint density at radius 3 is 2.72 bits per heavy atom. The van der Waals surface area contributed by atoms with Crippen molar-refractivity contribution in [3.05, 3.63) is 70.9 Å². The topological polar surface area (TPSA) is 22.3 Å². The normalized spacial score (nSPS) is 20.8. The molecule has 5 rings (SSSR count). The minimum atomic E-state index is 0.407. The summed E-state index contributed by atoms with van der Waals surface area (Å²) >= 11 is 0. The van der Waals surface area contributed by atoms with Crippen LogP contribution in [0.1, 0.15) is 41.1 Å². The van der Waals surface area contributed by atoms with Crippen molar-refractivity contribution in [2.24, 2.45) is 5.92 Å². The summed E-state index contributed by atoms with van der Waals surface area (Å²) in [5, 5.41) is 1.27. The molecular formula is C26H29N3. The van der Waals surface area contributed by atoms with E-state index in [1.165, 1.54) is 47.0 Å². The summed E-state index contributed by atoms with van der Waals surface area (Å²) in [4.78, 5) is 8.71. The molecule has 1 N–H and O–H groups in total.